The number of aryl methyl sites for hydroxylation is 2. The van der Waals surface area contributed by atoms with Crippen LogP contribution in [0.1, 0.15) is 53.8 Å². The van der Waals surface area contributed by atoms with E-state index in [1.54, 1.807) is 0 Å². The number of amides is 1. The first-order valence-corrected chi connectivity index (χ1v) is 8.68. The molecule has 2 heterocycles. The SMILES string of the molecule is Cc1nn(C)c(C)c1CCC(=O)NC1CC(c2nnc(CO)n2C)C1. The molecule has 0 atom stereocenters. The molecule has 8 nitrogen and oxygen atoms in total. The number of nitrogens with zero attached hydrogens (tertiary/aromatic N) is 5. The number of aromatic nitrogens is 5. The molecule has 1 aliphatic rings. The molecule has 0 aliphatic heterocycles. The average molecular weight is 346 g/mol. The standard InChI is InChI=1S/C17H26N6O2/c1-10-14(11(2)23(4)21-10)5-6-16(25)18-13-7-12(8-13)17-20-19-15(9-24)22(17)3/h12-13,24H,5-9H2,1-4H3,(H,18,25). The second kappa shape index (κ2) is 6.95. The number of nitrogens with one attached hydrogen (secondary N) is 1. The van der Waals surface area contributed by atoms with Gasteiger partial charge in [0, 0.05) is 38.2 Å². The number of aliphatic hydroxyl groups excluding tert-OH is 1. The lowest BCUT2D eigenvalue weighted by Gasteiger charge is -2.35. The summed E-state index contributed by atoms with van der Waals surface area (Å²) in [6.07, 6.45) is 2.94. The Hall–Kier alpha value is -2.22. The topological polar surface area (TPSA) is 97.9 Å². The Morgan fingerprint density at radius 3 is 2.56 bits per heavy atom. The largest absolute Gasteiger partial charge is 0.388 e. The average Bonchev–Trinajstić information content (AvgIpc) is 3.01. The van der Waals surface area contributed by atoms with E-state index in [1.165, 1.54) is 5.56 Å². The van der Waals surface area contributed by atoms with Gasteiger partial charge < -0.3 is 15.0 Å². The van der Waals surface area contributed by atoms with Crippen LogP contribution < -0.4 is 5.32 Å². The Kier molecular flexibility index (Phi) is 4.89. The van der Waals surface area contributed by atoms with Gasteiger partial charge in [0.2, 0.25) is 5.91 Å². The van der Waals surface area contributed by atoms with Gasteiger partial charge in [0.05, 0.1) is 5.69 Å². The molecule has 1 saturated carbocycles. The number of rotatable bonds is 6. The van der Waals surface area contributed by atoms with Crippen LogP contribution in [0.25, 0.3) is 0 Å². The fourth-order valence-corrected chi connectivity index (χ4v) is 3.53. The lowest BCUT2D eigenvalue weighted by Crippen LogP contribution is -2.44. The van der Waals surface area contributed by atoms with Crippen LogP contribution in [0.3, 0.4) is 0 Å². The molecule has 0 aromatic carbocycles. The van der Waals surface area contributed by atoms with E-state index in [1.807, 2.05) is 37.2 Å². The van der Waals surface area contributed by atoms with Gasteiger partial charge in [0.1, 0.15) is 12.4 Å². The second-order valence-corrected chi connectivity index (χ2v) is 6.90. The van der Waals surface area contributed by atoms with Gasteiger partial charge >= 0.3 is 0 Å². The maximum Gasteiger partial charge on any atom is 0.220 e. The van der Waals surface area contributed by atoms with Crippen LogP contribution in [0.5, 0.6) is 0 Å². The number of carbonyl (C=O) groups excluding carboxylic acids is 1. The van der Waals surface area contributed by atoms with E-state index in [0.29, 0.717) is 18.2 Å². The van der Waals surface area contributed by atoms with Crippen molar-refractivity contribution in [2.75, 3.05) is 0 Å². The lowest BCUT2D eigenvalue weighted by atomic mass is 9.79. The van der Waals surface area contributed by atoms with E-state index in [0.717, 1.165) is 36.5 Å². The summed E-state index contributed by atoms with van der Waals surface area (Å²) in [5, 5.41) is 24.8. The van der Waals surface area contributed by atoms with Gasteiger partial charge in [-0.15, -0.1) is 10.2 Å². The van der Waals surface area contributed by atoms with Crippen LogP contribution in [-0.2, 0) is 31.9 Å². The highest BCUT2D eigenvalue weighted by atomic mass is 16.3. The van der Waals surface area contributed by atoms with Crippen molar-refractivity contribution < 1.29 is 9.90 Å². The molecule has 8 heteroatoms. The first kappa shape index (κ1) is 17.6. The normalized spacial score (nSPS) is 19.7. The zero-order valence-electron chi connectivity index (χ0n) is 15.3. The lowest BCUT2D eigenvalue weighted by molar-refractivity contribution is -0.122. The Balaban J connectivity index is 1.46. The van der Waals surface area contributed by atoms with Crippen molar-refractivity contribution in [1.29, 1.82) is 0 Å². The van der Waals surface area contributed by atoms with Gasteiger partial charge in [0.15, 0.2) is 5.82 Å². The fraction of sp³-hybridized carbons (Fsp3) is 0.647. The first-order valence-electron chi connectivity index (χ1n) is 8.68. The molecule has 2 aromatic heterocycles. The molecular formula is C17H26N6O2. The smallest absolute Gasteiger partial charge is 0.220 e. The van der Waals surface area contributed by atoms with Crippen molar-refractivity contribution in [3.05, 3.63) is 28.6 Å². The van der Waals surface area contributed by atoms with E-state index in [9.17, 15) is 9.90 Å². The molecule has 1 fully saturated rings. The third-order valence-electron chi connectivity index (χ3n) is 5.27. The summed E-state index contributed by atoms with van der Waals surface area (Å²) in [6, 6.07) is 0.197. The highest BCUT2D eigenvalue weighted by Gasteiger charge is 2.34. The van der Waals surface area contributed by atoms with Crippen LogP contribution in [-0.4, -0.2) is 41.6 Å². The third-order valence-corrected chi connectivity index (χ3v) is 5.27. The van der Waals surface area contributed by atoms with Crippen LogP contribution >= 0.6 is 0 Å². The highest BCUT2D eigenvalue weighted by Crippen LogP contribution is 2.35. The maximum atomic E-state index is 12.2. The van der Waals surface area contributed by atoms with Crippen LogP contribution in [0.15, 0.2) is 0 Å². The minimum Gasteiger partial charge on any atom is -0.388 e. The highest BCUT2D eigenvalue weighted by molar-refractivity contribution is 5.76. The second-order valence-electron chi connectivity index (χ2n) is 6.90. The molecule has 0 unspecified atom stereocenters. The van der Waals surface area contributed by atoms with E-state index >= 15 is 0 Å². The van der Waals surface area contributed by atoms with E-state index in [4.69, 9.17) is 0 Å². The van der Waals surface area contributed by atoms with E-state index in [-0.39, 0.29) is 18.6 Å². The molecule has 0 spiro atoms. The van der Waals surface area contributed by atoms with Gasteiger partial charge in [-0.25, -0.2) is 0 Å². The summed E-state index contributed by atoms with van der Waals surface area (Å²) in [6.45, 7) is 3.91. The van der Waals surface area contributed by atoms with Crippen molar-refractivity contribution in [2.45, 2.75) is 58.1 Å². The van der Waals surface area contributed by atoms with Crippen molar-refractivity contribution in [3.63, 3.8) is 0 Å². The molecule has 0 saturated heterocycles. The van der Waals surface area contributed by atoms with Crippen LogP contribution in [0.2, 0.25) is 0 Å². The van der Waals surface area contributed by atoms with E-state index in [2.05, 4.69) is 20.6 Å². The Morgan fingerprint density at radius 2 is 2.00 bits per heavy atom. The molecular weight excluding hydrogens is 320 g/mol. The van der Waals surface area contributed by atoms with Gasteiger partial charge in [-0.05, 0) is 38.7 Å². The van der Waals surface area contributed by atoms with Crippen LogP contribution in [0, 0.1) is 13.8 Å². The minimum absolute atomic E-state index is 0.0834. The molecule has 0 bridgehead atoms. The molecule has 3 rings (SSSR count). The minimum atomic E-state index is -0.108. The Morgan fingerprint density at radius 1 is 1.28 bits per heavy atom. The summed E-state index contributed by atoms with van der Waals surface area (Å²) in [5.74, 6) is 1.84. The van der Waals surface area contributed by atoms with Crippen molar-refractivity contribution in [2.24, 2.45) is 14.1 Å². The first-order chi connectivity index (χ1) is 11.9. The number of hydrogen-bond acceptors (Lipinski definition) is 5. The van der Waals surface area contributed by atoms with Crippen molar-refractivity contribution in [1.82, 2.24) is 29.9 Å². The summed E-state index contributed by atoms with van der Waals surface area (Å²) in [7, 11) is 3.79. The Bertz CT molecular complexity index is 772. The zero-order chi connectivity index (χ0) is 18.1. The van der Waals surface area contributed by atoms with Crippen LogP contribution in [0.4, 0.5) is 0 Å². The predicted molar refractivity (Wildman–Crippen MR) is 91.8 cm³/mol. The molecule has 0 radical (unpaired) electrons. The maximum absolute atomic E-state index is 12.2. The van der Waals surface area contributed by atoms with Gasteiger partial charge in [-0.2, -0.15) is 5.10 Å². The van der Waals surface area contributed by atoms with Crippen molar-refractivity contribution >= 4 is 5.91 Å². The summed E-state index contributed by atoms with van der Waals surface area (Å²) >= 11 is 0. The van der Waals surface area contributed by atoms with Gasteiger partial charge in [0.25, 0.3) is 0 Å². The molecule has 1 amide bonds. The Labute approximate surface area is 147 Å². The predicted octanol–water partition coefficient (Wildman–Crippen LogP) is 0.653. The molecule has 2 N–H and O–H groups in total. The third kappa shape index (κ3) is 3.44. The van der Waals surface area contributed by atoms with E-state index < -0.39 is 0 Å². The molecule has 25 heavy (non-hydrogen) atoms. The number of hydrogen-bond donors (Lipinski definition) is 2. The summed E-state index contributed by atoms with van der Waals surface area (Å²) in [4.78, 5) is 12.2. The number of carbonyl (C=O) groups is 1. The number of aliphatic hydroxyl groups is 1. The molecule has 136 valence electrons. The quantitative estimate of drug-likeness (QED) is 0.800. The fourth-order valence-electron chi connectivity index (χ4n) is 3.53. The monoisotopic (exact) mass is 346 g/mol. The summed E-state index contributed by atoms with van der Waals surface area (Å²) < 4.78 is 3.71. The van der Waals surface area contributed by atoms with Gasteiger partial charge in [-0.3, -0.25) is 9.48 Å². The molecule has 2 aromatic rings. The van der Waals surface area contributed by atoms with Crippen molar-refractivity contribution in [3.8, 4) is 0 Å². The van der Waals surface area contributed by atoms with Gasteiger partial charge in [-0.1, -0.05) is 0 Å². The molecule has 1 aliphatic carbocycles. The zero-order valence-corrected chi connectivity index (χ0v) is 15.3. The summed E-state index contributed by atoms with van der Waals surface area (Å²) in [5.41, 5.74) is 3.29.